The third-order valence-corrected chi connectivity index (χ3v) is 2.61. The maximum Gasteiger partial charge on any atom is 0.272 e. The van der Waals surface area contributed by atoms with Gasteiger partial charge >= 0.3 is 0 Å². The van der Waals surface area contributed by atoms with Gasteiger partial charge in [-0.2, -0.15) is 0 Å². The van der Waals surface area contributed by atoms with Crippen LogP contribution in [-0.2, 0) is 18.8 Å². The standard InChI is InChI=1S/C9H20B2O5/c1-9(12)7(16-11-3)6(5-14-10-2)15-8(9)13-4/h6-8,10-12H,5H2,1-4H3/t6-,7-,8+,9-/m1/s1/i10D,11D. The van der Waals surface area contributed by atoms with E-state index in [4.69, 9.17) is 21.5 Å². The van der Waals surface area contributed by atoms with Crippen LogP contribution in [-0.4, -0.2) is 60.5 Å². The predicted octanol–water partition coefficient (Wildman–Crippen LogP) is -0.690. The fourth-order valence-electron chi connectivity index (χ4n) is 1.86. The van der Waals surface area contributed by atoms with Crippen LogP contribution in [0.2, 0.25) is 13.6 Å². The molecule has 1 saturated heterocycles. The second-order valence-corrected chi connectivity index (χ2v) is 3.83. The van der Waals surface area contributed by atoms with Crippen molar-refractivity contribution in [2.45, 2.75) is 44.7 Å². The van der Waals surface area contributed by atoms with E-state index in [2.05, 4.69) is 0 Å². The molecule has 0 aromatic rings. The summed E-state index contributed by atoms with van der Waals surface area (Å²) in [7, 11) is -0.0535. The van der Waals surface area contributed by atoms with Crippen molar-refractivity contribution >= 4 is 14.9 Å². The van der Waals surface area contributed by atoms with Crippen molar-refractivity contribution in [3.05, 3.63) is 0 Å². The Morgan fingerprint density at radius 1 is 1.50 bits per heavy atom. The number of hydrogen-bond acceptors (Lipinski definition) is 5. The van der Waals surface area contributed by atoms with Crippen molar-refractivity contribution in [1.82, 2.24) is 0 Å². The molecule has 1 heterocycles. The second kappa shape index (κ2) is 6.02. The van der Waals surface area contributed by atoms with Gasteiger partial charge in [0.2, 0.25) is 0 Å². The molecule has 5 nitrogen and oxygen atoms in total. The van der Waals surface area contributed by atoms with Crippen LogP contribution in [0.4, 0.5) is 0 Å². The highest BCUT2D eigenvalue weighted by Gasteiger charge is 2.53. The van der Waals surface area contributed by atoms with Crippen LogP contribution in [0.5, 0.6) is 0 Å². The first-order valence-electron chi connectivity index (χ1n) is 6.46. The maximum atomic E-state index is 10.3. The highest BCUT2D eigenvalue weighted by molar-refractivity contribution is 6.25. The van der Waals surface area contributed by atoms with Gasteiger partial charge in [-0.05, 0) is 6.92 Å². The van der Waals surface area contributed by atoms with E-state index in [0.717, 1.165) is 0 Å². The van der Waals surface area contributed by atoms with Gasteiger partial charge in [-0.1, -0.05) is 13.6 Å². The molecule has 4 atom stereocenters. The highest BCUT2D eigenvalue weighted by Crippen LogP contribution is 2.33. The molecule has 92 valence electrons. The molecule has 0 aromatic heterocycles. The Morgan fingerprint density at radius 3 is 2.69 bits per heavy atom. The Kier molecular flexibility index (Phi) is 4.16. The SMILES string of the molecule is [2H]B(C)OC[C@H]1O[C@H](OC)[C@](C)(O)[C@@H]1OB([2H])C. The van der Waals surface area contributed by atoms with E-state index in [9.17, 15) is 5.11 Å². The fourth-order valence-corrected chi connectivity index (χ4v) is 1.86. The quantitative estimate of drug-likeness (QED) is 0.614. The van der Waals surface area contributed by atoms with E-state index in [1.54, 1.807) is 20.6 Å². The zero-order chi connectivity index (χ0) is 13.9. The van der Waals surface area contributed by atoms with Gasteiger partial charge in [-0.15, -0.1) is 0 Å². The second-order valence-electron chi connectivity index (χ2n) is 3.83. The van der Waals surface area contributed by atoms with Crippen molar-refractivity contribution < 1.29 is 23.9 Å². The summed E-state index contributed by atoms with van der Waals surface area (Å²) in [5, 5.41) is 10.3. The fraction of sp³-hybridized carbons (Fsp3) is 1.00. The lowest BCUT2D eigenvalue weighted by Crippen LogP contribution is -2.48. The molecular weight excluding hydrogens is 210 g/mol. The molecule has 1 aliphatic heterocycles. The number of hydrogen-bond donors (Lipinski definition) is 1. The minimum atomic E-state index is -1.36. The summed E-state index contributed by atoms with van der Waals surface area (Å²) in [6.07, 6.45) is -2.13. The van der Waals surface area contributed by atoms with E-state index >= 15 is 0 Å². The lowest BCUT2D eigenvalue weighted by Gasteiger charge is -2.29. The van der Waals surface area contributed by atoms with Crippen LogP contribution in [0.1, 0.15) is 6.92 Å². The van der Waals surface area contributed by atoms with E-state index in [0.29, 0.717) is 0 Å². The Hall–Kier alpha value is -0.0701. The zero-order valence-corrected chi connectivity index (χ0v) is 10.2. The maximum absolute atomic E-state index is 10.3. The topological polar surface area (TPSA) is 57.2 Å². The van der Waals surface area contributed by atoms with Gasteiger partial charge in [0.1, 0.15) is 17.8 Å². The summed E-state index contributed by atoms with van der Waals surface area (Å²) in [6, 6.07) is 0. The molecular formula is C9H20B2O5. The van der Waals surface area contributed by atoms with E-state index in [1.165, 1.54) is 7.11 Å². The van der Waals surface area contributed by atoms with Gasteiger partial charge < -0.3 is 23.9 Å². The molecule has 0 saturated carbocycles. The molecule has 0 aromatic carbocycles. The minimum absolute atomic E-state index is 0.109. The summed E-state index contributed by atoms with van der Waals surface area (Å²) < 4.78 is 35.8. The summed E-state index contributed by atoms with van der Waals surface area (Å²) in [5.74, 6) is 0. The molecule has 0 radical (unpaired) electrons. The first-order valence-corrected chi connectivity index (χ1v) is 5.31. The number of aliphatic hydroxyl groups is 1. The van der Waals surface area contributed by atoms with Crippen LogP contribution in [0.25, 0.3) is 0 Å². The summed E-state index contributed by atoms with van der Waals surface area (Å²) >= 11 is 0. The van der Waals surface area contributed by atoms with Crippen molar-refractivity contribution in [1.29, 1.82) is 2.67 Å². The van der Waals surface area contributed by atoms with E-state index < -0.39 is 39.0 Å². The van der Waals surface area contributed by atoms with E-state index in [-0.39, 0.29) is 6.61 Å². The van der Waals surface area contributed by atoms with Gasteiger partial charge in [0.05, 0.1) is 6.61 Å². The molecule has 16 heavy (non-hydrogen) atoms. The van der Waals surface area contributed by atoms with Crippen molar-refractivity contribution in [2.24, 2.45) is 0 Å². The molecule has 1 rings (SSSR count). The van der Waals surface area contributed by atoms with Crippen LogP contribution >= 0.6 is 0 Å². The minimum Gasteiger partial charge on any atom is -0.437 e. The molecule has 0 unspecified atom stereocenters. The lowest BCUT2D eigenvalue weighted by molar-refractivity contribution is -0.185. The summed E-state index contributed by atoms with van der Waals surface area (Å²) in [5.41, 5.74) is -1.36. The normalized spacial score (nSPS) is 40.4. The smallest absolute Gasteiger partial charge is 0.272 e. The van der Waals surface area contributed by atoms with Gasteiger partial charge in [-0.25, -0.2) is 0 Å². The van der Waals surface area contributed by atoms with Crippen LogP contribution in [0.15, 0.2) is 0 Å². The van der Waals surface area contributed by atoms with Gasteiger partial charge in [-0.3, -0.25) is 0 Å². The number of ether oxygens (including phenoxy) is 2. The Balaban J connectivity index is 2.74. The molecule has 0 spiro atoms. The first kappa shape index (κ1) is 11.0. The largest absolute Gasteiger partial charge is 0.437 e. The van der Waals surface area contributed by atoms with Crippen molar-refractivity contribution in [3.63, 3.8) is 0 Å². The van der Waals surface area contributed by atoms with Crippen molar-refractivity contribution in [3.8, 4) is 0 Å². The molecule has 1 aliphatic rings. The molecule has 0 bridgehead atoms. The van der Waals surface area contributed by atoms with Gasteiger partial charge in [0.15, 0.2) is 6.29 Å². The van der Waals surface area contributed by atoms with Crippen LogP contribution in [0, 0.1) is 0 Å². The molecule has 1 fully saturated rings. The summed E-state index contributed by atoms with van der Waals surface area (Å²) in [6.45, 7) is 4.79. The predicted molar refractivity (Wildman–Crippen MR) is 63.1 cm³/mol. The molecule has 7 heteroatoms. The number of methoxy groups -OCH3 is 1. The third kappa shape index (κ3) is 2.78. The average molecular weight is 232 g/mol. The monoisotopic (exact) mass is 232 g/mol. The van der Waals surface area contributed by atoms with Crippen LogP contribution in [0.3, 0.4) is 0 Å². The van der Waals surface area contributed by atoms with Crippen LogP contribution < -0.4 is 0 Å². The Bertz CT molecular complexity index is 267. The molecule has 1 N–H and O–H groups in total. The zero-order valence-electron chi connectivity index (χ0n) is 12.2. The summed E-state index contributed by atoms with van der Waals surface area (Å²) in [4.78, 5) is 0. The lowest BCUT2D eigenvalue weighted by atomic mass is 9.94. The average Bonchev–Trinajstić information content (AvgIpc) is 2.48. The van der Waals surface area contributed by atoms with E-state index in [1.807, 2.05) is 0 Å². The Morgan fingerprint density at radius 2 is 2.19 bits per heavy atom. The highest BCUT2D eigenvalue weighted by atomic mass is 16.7. The van der Waals surface area contributed by atoms with Gasteiger partial charge in [0.25, 0.3) is 14.9 Å². The van der Waals surface area contributed by atoms with Gasteiger partial charge in [0, 0.05) is 9.78 Å². The third-order valence-electron chi connectivity index (χ3n) is 2.61. The molecule has 0 amide bonds. The molecule has 0 aliphatic carbocycles. The Labute approximate surface area is 101 Å². The number of rotatable bonds is 6. The van der Waals surface area contributed by atoms with Crippen molar-refractivity contribution in [2.75, 3.05) is 13.7 Å². The first-order chi connectivity index (χ1) is 8.28.